The SMILES string of the molecule is CN(CCOc1ccccc1)CC(=O)N1CCN(S(C)(=O)=O)CC1. The van der Waals surface area contributed by atoms with E-state index >= 15 is 0 Å². The van der Waals surface area contributed by atoms with E-state index in [4.69, 9.17) is 4.74 Å². The number of piperazine rings is 1. The number of para-hydroxylation sites is 1. The molecule has 0 spiro atoms. The van der Waals surface area contributed by atoms with Crippen LogP contribution in [0.25, 0.3) is 0 Å². The van der Waals surface area contributed by atoms with Crippen LogP contribution in [0.1, 0.15) is 0 Å². The van der Waals surface area contributed by atoms with Crippen LogP contribution in [0.4, 0.5) is 0 Å². The van der Waals surface area contributed by atoms with Gasteiger partial charge in [0.15, 0.2) is 0 Å². The molecule has 0 radical (unpaired) electrons. The maximum absolute atomic E-state index is 12.3. The quantitative estimate of drug-likeness (QED) is 0.694. The highest BCUT2D eigenvalue weighted by Gasteiger charge is 2.26. The number of carbonyl (C=O) groups is 1. The van der Waals surface area contributed by atoms with Crippen molar-refractivity contribution in [3.05, 3.63) is 30.3 Å². The maximum Gasteiger partial charge on any atom is 0.236 e. The normalized spacial score (nSPS) is 16.4. The second kappa shape index (κ2) is 8.46. The standard InChI is InChI=1S/C16H25N3O4S/c1-17(12-13-23-15-6-4-3-5-7-15)14-16(20)18-8-10-19(11-9-18)24(2,21)22/h3-7H,8-14H2,1-2H3. The minimum Gasteiger partial charge on any atom is -0.492 e. The van der Waals surface area contributed by atoms with Gasteiger partial charge in [-0.1, -0.05) is 18.2 Å². The molecule has 8 heteroatoms. The number of hydrogen-bond donors (Lipinski definition) is 0. The number of carbonyl (C=O) groups excluding carboxylic acids is 1. The zero-order chi connectivity index (χ0) is 17.6. The Balaban J connectivity index is 1.68. The van der Waals surface area contributed by atoms with Gasteiger partial charge in [-0.3, -0.25) is 9.69 Å². The van der Waals surface area contributed by atoms with E-state index in [9.17, 15) is 13.2 Å². The monoisotopic (exact) mass is 355 g/mol. The van der Waals surface area contributed by atoms with E-state index in [2.05, 4.69) is 0 Å². The van der Waals surface area contributed by atoms with Gasteiger partial charge in [0.25, 0.3) is 0 Å². The molecule has 1 saturated heterocycles. The second-order valence-corrected chi connectivity index (χ2v) is 7.92. The van der Waals surface area contributed by atoms with Crippen molar-refractivity contribution in [3.8, 4) is 5.75 Å². The van der Waals surface area contributed by atoms with Gasteiger partial charge in [0, 0.05) is 32.7 Å². The molecule has 1 amide bonds. The number of rotatable bonds is 7. The van der Waals surface area contributed by atoms with E-state index in [0.29, 0.717) is 45.9 Å². The van der Waals surface area contributed by atoms with Gasteiger partial charge in [-0.2, -0.15) is 4.31 Å². The second-order valence-electron chi connectivity index (χ2n) is 5.94. The summed E-state index contributed by atoms with van der Waals surface area (Å²) >= 11 is 0. The van der Waals surface area contributed by atoms with Gasteiger partial charge in [0.05, 0.1) is 12.8 Å². The minimum absolute atomic E-state index is 0.0189. The van der Waals surface area contributed by atoms with Crippen LogP contribution in [0.3, 0.4) is 0 Å². The van der Waals surface area contributed by atoms with E-state index in [-0.39, 0.29) is 5.91 Å². The molecule has 0 aliphatic carbocycles. The van der Waals surface area contributed by atoms with Crippen molar-refractivity contribution in [2.45, 2.75) is 0 Å². The Kier molecular flexibility index (Phi) is 6.59. The number of likely N-dealkylation sites (N-methyl/N-ethyl adjacent to an activating group) is 1. The zero-order valence-electron chi connectivity index (χ0n) is 14.2. The topological polar surface area (TPSA) is 70.2 Å². The number of ether oxygens (including phenoxy) is 1. The van der Waals surface area contributed by atoms with Crippen molar-refractivity contribution >= 4 is 15.9 Å². The summed E-state index contributed by atoms with van der Waals surface area (Å²) in [4.78, 5) is 15.9. The van der Waals surface area contributed by atoms with E-state index < -0.39 is 10.0 Å². The first-order valence-electron chi connectivity index (χ1n) is 7.95. The summed E-state index contributed by atoms with van der Waals surface area (Å²) in [6.07, 6.45) is 1.20. The molecule has 0 N–H and O–H groups in total. The molecule has 134 valence electrons. The molecule has 1 aromatic rings. The summed E-state index contributed by atoms with van der Waals surface area (Å²) in [5.74, 6) is 0.833. The smallest absolute Gasteiger partial charge is 0.236 e. The molecule has 24 heavy (non-hydrogen) atoms. The number of nitrogens with zero attached hydrogens (tertiary/aromatic N) is 3. The fourth-order valence-corrected chi connectivity index (χ4v) is 3.34. The minimum atomic E-state index is -3.17. The Hall–Kier alpha value is -1.64. The lowest BCUT2D eigenvalue weighted by molar-refractivity contribution is -0.133. The molecular weight excluding hydrogens is 330 g/mol. The van der Waals surface area contributed by atoms with Crippen LogP contribution in [0.15, 0.2) is 30.3 Å². The van der Waals surface area contributed by atoms with Gasteiger partial charge in [-0.15, -0.1) is 0 Å². The number of amides is 1. The maximum atomic E-state index is 12.3. The molecule has 0 saturated carbocycles. The lowest BCUT2D eigenvalue weighted by Crippen LogP contribution is -2.52. The molecule has 1 fully saturated rings. The van der Waals surface area contributed by atoms with Gasteiger partial charge in [-0.25, -0.2) is 8.42 Å². The highest BCUT2D eigenvalue weighted by Crippen LogP contribution is 2.08. The summed E-state index contributed by atoms with van der Waals surface area (Å²) in [6.45, 7) is 3.08. The van der Waals surface area contributed by atoms with Crippen molar-refractivity contribution in [1.82, 2.24) is 14.1 Å². The first-order valence-corrected chi connectivity index (χ1v) is 9.80. The van der Waals surface area contributed by atoms with Crippen LogP contribution in [-0.4, -0.2) is 87.6 Å². The van der Waals surface area contributed by atoms with E-state index in [1.807, 2.05) is 42.3 Å². The third-order valence-electron chi connectivity index (χ3n) is 3.95. The molecule has 2 rings (SSSR count). The van der Waals surface area contributed by atoms with Crippen LogP contribution in [0.5, 0.6) is 5.75 Å². The van der Waals surface area contributed by atoms with E-state index in [0.717, 1.165) is 5.75 Å². The molecule has 7 nitrogen and oxygen atoms in total. The highest BCUT2D eigenvalue weighted by atomic mass is 32.2. The fraction of sp³-hybridized carbons (Fsp3) is 0.562. The average Bonchev–Trinajstić information content (AvgIpc) is 2.55. The van der Waals surface area contributed by atoms with Crippen LogP contribution in [-0.2, 0) is 14.8 Å². The summed E-state index contributed by atoms with van der Waals surface area (Å²) in [7, 11) is -1.29. The molecule has 0 bridgehead atoms. The van der Waals surface area contributed by atoms with Crippen LogP contribution < -0.4 is 4.74 Å². The van der Waals surface area contributed by atoms with Gasteiger partial charge >= 0.3 is 0 Å². The van der Waals surface area contributed by atoms with Gasteiger partial charge in [0.2, 0.25) is 15.9 Å². The summed E-state index contributed by atoms with van der Waals surface area (Å²) < 4.78 is 30.0. The van der Waals surface area contributed by atoms with Crippen molar-refractivity contribution in [1.29, 1.82) is 0 Å². The number of hydrogen-bond acceptors (Lipinski definition) is 5. The Bertz CT molecular complexity index is 628. The Morgan fingerprint density at radius 3 is 2.38 bits per heavy atom. The van der Waals surface area contributed by atoms with E-state index in [1.165, 1.54) is 10.6 Å². The van der Waals surface area contributed by atoms with Crippen molar-refractivity contribution in [2.24, 2.45) is 0 Å². The molecule has 0 atom stereocenters. The predicted octanol–water partition coefficient (Wildman–Crippen LogP) is 0.101. The van der Waals surface area contributed by atoms with Crippen LogP contribution in [0.2, 0.25) is 0 Å². The van der Waals surface area contributed by atoms with E-state index in [1.54, 1.807) is 4.90 Å². The first-order chi connectivity index (χ1) is 11.4. The average molecular weight is 355 g/mol. The van der Waals surface area contributed by atoms with Gasteiger partial charge < -0.3 is 9.64 Å². The predicted molar refractivity (Wildman–Crippen MR) is 92.4 cm³/mol. The molecule has 1 aliphatic rings. The third kappa shape index (κ3) is 5.77. The highest BCUT2D eigenvalue weighted by molar-refractivity contribution is 7.88. The van der Waals surface area contributed by atoms with Crippen molar-refractivity contribution < 1.29 is 17.9 Å². The Labute approximate surface area is 143 Å². The van der Waals surface area contributed by atoms with Gasteiger partial charge in [0.1, 0.15) is 12.4 Å². The van der Waals surface area contributed by atoms with Crippen molar-refractivity contribution in [2.75, 3.05) is 59.2 Å². The number of benzene rings is 1. The molecule has 0 aromatic heterocycles. The lowest BCUT2D eigenvalue weighted by atomic mass is 10.3. The zero-order valence-corrected chi connectivity index (χ0v) is 15.0. The van der Waals surface area contributed by atoms with Crippen molar-refractivity contribution in [3.63, 3.8) is 0 Å². The lowest BCUT2D eigenvalue weighted by Gasteiger charge is -2.34. The summed E-state index contributed by atoms with van der Waals surface area (Å²) in [6, 6.07) is 9.55. The largest absolute Gasteiger partial charge is 0.492 e. The molecule has 0 unspecified atom stereocenters. The Morgan fingerprint density at radius 1 is 1.17 bits per heavy atom. The molecule has 1 heterocycles. The summed E-state index contributed by atoms with van der Waals surface area (Å²) in [5.41, 5.74) is 0. The molecule has 1 aromatic carbocycles. The first kappa shape index (κ1) is 18.7. The van der Waals surface area contributed by atoms with Gasteiger partial charge in [-0.05, 0) is 19.2 Å². The molecular formula is C16H25N3O4S. The van der Waals surface area contributed by atoms with Crippen LogP contribution in [0, 0.1) is 0 Å². The number of sulfonamides is 1. The third-order valence-corrected chi connectivity index (χ3v) is 5.25. The fourth-order valence-electron chi connectivity index (χ4n) is 2.52. The Morgan fingerprint density at radius 2 is 1.79 bits per heavy atom. The summed E-state index contributed by atoms with van der Waals surface area (Å²) in [5, 5.41) is 0. The van der Waals surface area contributed by atoms with Crippen LogP contribution >= 0.6 is 0 Å². The molecule has 1 aliphatic heterocycles.